The van der Waals surface area contributed by atoms with E-state index in [1.54, 1.807) is 56.7 Å². The number of rotatable bonds is 5. The standard InChI is InChI=1S/C19H15Cl2NO4S/c1-25-13-5-12(6-14(9-13)26-2)8-17-18(23)22(19(24)27-17)10-11-3-4-15(20)16(21)7-11/h3-9H,10H2,1-2H3/b17-8-. The van der Waals surface area contributed by atoms with Crippen LogP contribution in [0.25, 0.3) is 6.08 Å². The Kier molecular flexibility index (Phi) is 5.99. The van der Waals surface area contributed by atoms with Gasteiger partial charge in [-0.25, -0.2) is 0 Å². The van der Waals surface area contributed by atoms with E-state index in [1.165, 1.54) is 4.90 Å². The van der Waals surface area contributed by atoms with Crippen molar-refractivity contribution in [2.75, 3.05) is 14.2 Å². The summed E-state index contributed by atoms with van der Waals surface area (Å²) in [6, 6.07) is 10.3. The molecule has 27 heavy (non-hydrogen) atoms. The molecule has 3 rings (SSSR count). The Labute approximate surface area is 170 Å². The summed E-state index contributed by atoms with van der Waals surface area (Å²) in [5.41, 5.74) is 1.42. The molecule has 0 aromatic heterocycles. The van der Waals surface area contributed by atoms with Gasteiger partial charge in [0, 0.05) is 6.07 Å². The van der Waals surface area contributed by atoms with Crippen molar-refractivity contribution in [2.45, 2.75) is 6.54 Å². The average Bonchev–Trinajstić information content (AvgIpc) is 2.91. The molecule has 1 aliphatic rings. The molecule has 0 atom stereocenters. The highest BCUT2D eigenvalue weighted by molar-refractivity contribution is 8.18. The quantitative estimate of drug-likeness (QED) is 0.614. The molecule has 1 fully saturated rings. The fourth-order valence-corrected chi connectivity index (χ4v) is 3.68. The summed E-state index contributed by atoms with van der Waals surface area (Å²) in [6.45, 7) is 0.125. The predicted octanol–water partition coefficient (Wildman–Crippen LogP) is 5.25. The van der Waals surface area contributed by atoms with Gasteiger partial charge in [0.15, 0.2) is 0 Å². The van der Waals surface area contributed by atoms with Crippen molar-refractivity contribution in [3.8, 4) is 11.5 Å². The molecule has 0 spiro atoms. The van der Waals surface area contributed by atoms with Gasteiger partial charge in [-0.3, -0.25) is 14.5 Å². The molecule has 0 N–H and O–H groups in total. The number of hydrogen-bond acceptors (Lipinski definition) is 5. The van der Waals surface area contributed by atoms with Gasteiger partial charge in [0.2, 0.25) is 0 Å². The molecule has 1 saturated heterocycles. The molecule has 8 heteroatoms. The minimum absolute atomic E-state index is 0.125. The molecular weight excluding hydrogens is 409 g/mol. The number of methoxy groups -OCH3 is 2. The van der Waals surface area contributed by atoms with E-state index in [0.717, 1.165) is 17.3 Å². The van der Waals surface area contributed by atoms with E-state index < -0.39 is 0 Å². The van der Waals surface area contributed by atoms with Crippen molar-refractivity contribution in [2.24, 2.45) is 0 Å². The second-order valence-electron chi connectivity index (χ2n) is 5.66. The summed E-state index contributed by atoms with van der Waals surface area (Å²) in [4.78, 5) is 26.5. The third-order valence-electron chi connectivity index (χ3n) is 3.87. The molecule has 2 aromatic rings. The first-order valence-electron chi connectivity index (χ1n) is 7.83. The molecule has 140 valence electrons. The van der Waals surface area contributed by atoms with Crippen LogP contribution in [0.2, 0.25) is 10.0 Å². The molecule has 5 nitrogen and oxygen atoms in total. The van der Waals surface area contributed by atoms with Crippen molar-refractivity contribution >= 4 is 52.2 Å². The van der Waals surface area contributed by atoms with Crippen LogP contribution in [0.5, 0.6) is 11.5 Å². The SMILES string of the molecule is COc1cc(/C=C2\SC(=O)N(Cc3ccc(Cl)c(Cl)c3)C2=O)cc(OC)c1. The largest absolute Gasteiger partial charge is 0.497 e. The van der Waals surface area contributed by atoms with E-state index in [9.17, 15) is 9.59 Å². The summed E-state index contributed by atoms with van der Waals surface area (Å²) in [5.74, 6) is 0.823. The maximum absolute atomic E-state index is 12.7. The summed E-state index contributed by atoms with van der Waals surface area (Å²) >= 11 is 12.8. The van der Waals surface area contributed by atoms with E-state index in [0.29, 0.717) is 32.0 Å². The zero-order chi connectivity index (χ0) is 19.6. The second kappa shape index (κ2) is 8.25. The van der Waals surface area contributed by atoms with Gasteiger partial charge in [-0.2, -0.15) is 0 Å². The Morgan fingerprint density at radius 3 is 2.26 bits per heavy atom. The fourth-order valence-electron chi connectivity index (χ4n) is 2.52. The second-order valence-corrected chi connectivity index (χ2v) is 7.47. The zero-order valence-corrected chi connectivity index (χ0v) is 16.8. The molecule has 0 aliphatic carbocycles. The maximum atomic E-state index is 12.7. The van der Waals surface area contributed by atoms with Crippen LogP contribution in [0, 0.1) is 0 Å². The van der Waals surface area contributed by atoms with Crippen LogP contribution < -0.4 is 9.47 Å². The van der Waals surface area contributed by atoms with Gasteiger partial charge in [0.05, 0.1) is 35.7 Å². The number of benzene rings is 2. The first-order chi connectivity index (χ1) is 12.9. The van der Waals surface area contributed by atoms with Gasteiger partial charge in [-0.05, 0) is 53.2 Å². The van der Waals surface area contributed by atoms with Gasteiger partial charge in [-0.1, -0.05) is 29.3 Å². The number of imide groups is 1. The Bertz CT molecular complexity index is 923. The van der Waals surface area contributed by atoms with Crippen molar-refractivity contribution in [3.05, 3.63) is 62.5 Å². The van der Waals surface area contributed by atoms with Crippen LogP contribution in [0.15, 0.2) is 41.3 Å². The number of carbonyl (C=O) groups excluding carboxylic acids is 2. The molecule has 0 radical (unpaired) electrons. The lowest BCUT2D eigenvalue weighted by Gasteiger charge is -2.13. The molecule has 2 aromatic carbocycles. The van der Waals surface area contributed by atoms with Crippen LogP contribution in [0.3, 0.4) is 0 Å². The molecule has 0 unspecified atom stereocenters. The van der Waals surface area contributed by atoms with Crippen molar-refractivity contribution in [1.29, 1.82) is 0 Å². The van der Waals surface area contributed by atoms with Gasteiger partial charge in [-0.15, -0.1) is 0 Å². The predicted molar refractivity (Wildman–Crippen MR) is 108 cm³/mol. The zero-order valence-electron chi connectivity index (χ0n) is 14.5. The molecule has 0 saturated carbocycles. The summed E-state index contributed by atoms with van der Waals surface area (Å²) in [7, 11) is 3.09. The first kappa shape index (κ1) is 19.6. The highest BCUT2D eigenvalue weighted by Gasteiger charge is 2.35. The van der Waals surface area contributed by atoms with Crippen molar-refractivity contribution in [3.63, 3.8) is 0 Å². The molecule has 1 aliphatic heterocycles. The number of amides is 2. The van der Waals surface area contributed by atoms with E-state index in [1.807, 2.05) is 0 Å². The average molecular weight is 424 g/mol. The van der Waals surface area contributed by atoms with Crippen LogP contribution in [-0.2, 0) is 11.3 Å². The van der Waals surface area contributed by atoms with Crippen LogP contribution in [-0.4, -0.2) is 30.3 Å². The van der Waals surface area contributed by atoms with Crippen molar-refractivity contribution < 1.29 is 19.1 Å². The highest BCUT2D eigenvalue weighted by atomic mass is 35.5. The highest BCUT2D eigenvalue weighted by Crippen LogP contribution is 2.35. The number of ether oxygens (including phenoxy) is 2. The molecule has 0 bridgehead atoms. The monoisotopic (exact) mass is 423 g/mol. The Morgan fingerprint density at radius 2 is 1.67 bits per heavy atom. The number of thioether (sulfide) groups is 1. The van der Waals surface area contributed by atoms with Crippen molar-refractivity contribution in [1.82, 2.24) is 4.90 Å². The van der Waals surface area contributed by atoms with Gasteiger partial charge in [0.25, 0.3) is 11.1 Å². The molecule has 1 heterocycles. The first-order valence-corrected chi connectivity index (χ1v) is 9.41. The topological polar surface area (TPSA) is 55.8 Å². The van der Waals surface area contributed by atoms with E-state index >= 15 is 0 Å². The lowest BCUT2D eigenvalue weighted by Crippen LogP contribution is -2.27. The van der Waals surface area contributed by atoms with Gasteiger partial charge < -0.3 is 9.47 Å². The molecule has 2 amide bonds. The number of nitrogens with zero attached hydrogens (tertiary/aromatic N) is 1. The number of halogens is 2. The van der Waals surface area contributed by atoms with E-state index in [4.69, 9.17) is 32.7 Å². The normalized spacial score (nSPS) is 15.6. The Morgan fingerprint density at radius 1 is 1.00 bits per heavy atom. The maximum Gasteiger partial charge on any atom is 0.293 e. The minimum Gasteiger partial charge on any atom is -0.497 e. The summed E-state index contributed by atoms with van der Waals surface area (Å²) in [5, 5.41) is 0.453. The van der Waals surface area contributed by atoms with Crippen LogP contribution >= 0.6 is 35.0 Å². The summed E-state index contributed by atoms with van der Waals surface area (Å²) in [6.07, 6.45) is 1.64. The fraction of sp³-hybridized carbons (Fsp3) is 0.158. The van der Waals surface area contributed by atoms with Crippen LogP contribution in [0.4, 0.5) is 4.79 Å². The van der Waals surface area contributed by atoms with Gasteiger partial charge in [0.1, 0.15) is 11.5 Å². The summed E-state index contributed by atoms with van der Waals surface area (Å²) < 4.78 is 10.5. The third-order valence-corrected chi connectivity index (χ3v) is 5.52. The minimum atomic E-state index is -0.363. The third kappa shape index (κ3) is 4.40. The van der Waals surface area contributed by atoms with E-state index in [-0.39, 0.29) is 17.7 Å². The number of hydrogen-bond donors (Lipinski definition) is 0. The Hall–Kier alpha value is -2.15. The Balaban J connectivity index is 1.85. The number of carbonyl (C=O) groups is 2. The molecular formula is C19H15Cl2NO4S. The lowest BCUT2D eigenvalue weighted by atomic mass is 10.1. The smallest absolute Gasteiger partial charge is 0.293 e. The lowest BCUT2D eigenvalue weighted by molar-refractivity contribution is -0.123. The van der Waals surface area contributed by atoms with E-state index in [2.05, 4.69) is 0 Å². The van der Waals surface area contributed by atoms with Gasteiger partial charge >= 0.3 is 0 Å². The van der Waals surface area contributed by atoms with Crippen LogP contribution in [0.1, 0.15) is 11.1 Å².